The molecule has 29 heavy (non-hydrogen) atoms. The molecule has 9 heteroatoms. The van der Waals surface area contributed by atoms with E-state index in [2.05, 4.69) is 9.89 Å². The van der Waals surface area contributed by atoms with Crippen molar-refractivity contribution in [2.24, 2.45) is 0 Å². The van der Waals surface area contributed by atoms with Crippen molar-refractivity contribution in [3.63, 3.8) is 0 Å². The normalized spacial score (nSPS) is 11.5. The summed E-state index contributed by atoms with van der Waals surface area (Å²) in [5.41, 5.74) is 1.86. The Morgan fingerprint density at radius 3 is 2.48 bits per heavy atom. The number of carbonyl (C=O) groups is 1. The highest BCUT2D eigenvalue weighted by molar-refractivity contribution is 5.87. The molecule has 2 aromatic carbocycles. The first kappa shape index (κ1) is 20.5. The number of likely N-dealkylation sites (N-methyl/N-ethyl adjacent to an activating group) is 1. The van der Waals surface area contributed by atoms with Crippen LogP contribution in [0.1, 0.15) is 13.3 Å². The predicted octanol–water partition coefficient (Wildman–Crippen LogP) is 4.64. The SMILES string of the molecule is CCCN(C)C(=O)COc1noc2ccc(-c3ccc(OC(F)(F)F)cc3)cc12. The summed E-state index contributed by atoms with van der Waals surface area (Å²) in [6, 6.07) is 10.7. The van der Waals surface area contributed by atoms with E-state index in [1.165, 1.54) is 24.3 Å². The smallest absolute Gasteiger partial charge is 0.465 e. The van der Waals surface area contributed by atoms with E-state index in [1.54, 1.807) is 30.1 Å². The highest BCUT2D eigenvalue weighted by Crippen LogP contribution is 2.31. The number of rotatable bonds is 7. The molecule has 0 radical (unpaired) electrons. The first-order chi connectivity index (χ1) is 13.8. The Kier molecular flexibility index (Phi) is 5.95. The van der Waals surface area contributed by atoms with Crippen LogP contribution >= 0.6 is 0 Å². The van der Waals surface area contributed by atoms with Crippen molar-refractivity contribution in [3.05, 3.63) is 42.5 Å². The Morgan fingerprint density at radius 2 is 1.83 bits per heavy atom. The summed E-state index contributed by atoms with van der Waals surface area (Å²) in [6.07, 6.45) is -3.90. The monoisotopic (exact) mass is 408 g/mol. The number of aromatic nitrogens is 1. The minimum Gasteiger partial charge on any atom is -0.465 e. The van der Waals surface area contributed by atoms with E-state index in [4.69, 9.17) is 9.26 Å². The lowest BCUT2D eigenvalue weighted by atomic mass is 10.0. The van der Waals surface area contributed by atoms with Crippen LogP contribution in [-0.2, 0) is 4.79 Å². The summed E-state index contributed by atoms with van der Waals surface area (Å²) in [4.78, 5) is 13.6. The molecule has 0 atom stereocenters. The molecule has 0 aliphatic heterocycles. The van der Waals surface area contributed by atoms with Crippen molar-refractivity contribution >= 4 is 16.9 Å². The molecule has 6 nitrogen and oxygen atoms in total. The molecule has 0 fully saturated rings. The lowest BCUT2D eigenvalue weighted by Crippen LogP contribution is -2.31. The molecule has 3 rings (SSSR count). The van der Waals surface area contributed by atoms with E-state index >= 15 is 0 Å². The second kappa shape index (κ2) is 8.42. The van der Waals surface area contributed by atoms with Gasteiger partial charge in [-0.2, -0.15) is 0 Å². The van der Waals surface area contributed by atoms with Crippen LogP contribution in [0.25, 0.3) is 22.1 Å². The standard InChI is InChI=1S/C20H19F3N2O4/c1-3-10-25(2)18(26)12-27-19-16-11-14(6-9-17(16)29-24-19)13-4-7-15(8-5-13)28-20(21,22)23/h4-9,11H,3,10,12H2,1-2H3. The fraction of sp³-hybridized carbons (Fsp3) is 0.300. The van der Waals surface area contributed by atoms with Crippen molar-refractivity contribution in [3.8, 4) is 22.8 Å². The van der Waals surface area contributed by atoms with Gasteiger partial charge in [0.05, 0.1) is 5.39 Å². The van der Waals surface area contributed by atoms with E-state index in [9.17, 15) is 18.0 Å². The number of hydrogen-bond acceptors (Lipinski definition) is 5. The van der Waals surface area contributed by atoms with Crippen LogP contribution in [0.4, 0.5) is 13.2 Å². The number of benzene rings is 2. The Balaban J connectivity index is 1.77. The van der Waals surface area contributed by atoms with Gasteiger partial charge in [0, 0.05) is 13.6 Å². The Hall–Kier alpha value is -3.23. The first-order valence-corrected chi connectivity index (χ1v) is 8.89. The molecule has 154 valence electrons. The second-order valence-electron chi connectivity index (χ2n) is 6.37. The van der Waals surface area contributed by atoms with Gasteiger partial charge in [-0.15, -0.1) is 13.2 Å². The molecule has 0 unspecified atom stereocenters. The number of amides is 1. The number of nitrogens with zero attached hydrogens (tertiary/aromatic N) is 2. The maximum Gasteiger partial charge on any atom is 0.573 e. The average molecular weight is 408 g/mol. The topological polar surface area (TPSA) is 64.8 Å². The van der Waals surface area contributed by atoms with Crippen molar-refractivity contribution in [2.45, 2.75) is 19.7 Å². The van der Waals surface area contributed by atoms with Gasteiger partial charge in [-0.3, -0.25) is 4.79 Å². The zero-order valence-corrected chi connectivity index (χ0v) is 15.8. The lowest BCUT2D eigenvalue weighted by Gasteiger charge is -2.15. The van der Waals surface area contributed by atoms with Gasteiger partial charge in [0.1, 0.15) is 5.75 Å². The van der Waals surface area contributed by atoms with Crippen molar-refractivity contribution in [1.82, 2.24) is 10.1 Å². The van der Waals surface area contributed by atoms with Gasteiger partial charge in [-0.25, -0.2) is 0 Å². The number of halogens is 3. The fourth-order valence-electron chi connectivity index (χ4n) is 2.75. The summed E-state index contributed by atoms with van der Waals surface area (Å²) in [6.45, 7) is 2.42. The number of carbonyl (C=O) groups excluding carboxylic acids is 1. The van der Waals surface area contributed by atoms with Crippen LogP contribution in [0.5, 0.6) is 11.6 Å². The third kappa shape index (κ3) is 5.18. The maximum absolute atomic E-state index is 12.3. The van der Waals surface area contributed by atoms with Crippen LogP contribution in [-0.4, -0.2) is 42.5 Å². The third-order valence-electron chi connectivity index (χ3n) is 4.18. The Bertz CT molecular complexity index is 984. The van der Waals surface area contributed by atoms with Gasteiger partial charge < -0.3 is 18.9 Å². The van der Waals surface area contributed by atoms with E-state index < -0.39 is 6.36 Å². The zero-order chi connectivity index (χ0) is 21.0. The number of ether oxygens (including phenoxy) is 2. The van der Waals surface area contributed by atoms with Crippen LogP contribution in [0.2, 0.25) is 0 Å². The molecule has 1 aromatic heterocycles. The third-order valence-corrected chi connectivity index (χ3v) is 4.18. The van der Waals surface area contributed by atoms with Crippen LogP contribution in [0.3, 0.4) is 0 Å². The summed E-state index contributed by atoms with van der Waals surface area (Å²) in [7, 11) is 1.69. The van der Waals surface area contributed by atoms with Gasteiger partial charge in [-0.05, 0) is 47.0 Å². The number of hydrogen-bond donors (Lipinski definition) is 0. The zero-order valence-electron chi connectivity index (χ0n) is 15.8. The molecule has 0 saturated heterocycles. The van der Waals surface area contributed by atoms with Gasteiger partial charge in [0.15, 0.2) is 12.2 Å². The molecular formula is C20H19F3N2O4. The summed E-state index contributed by atoms with van der Waals surface area (Å²) in [5, 5.41) is 4.41. The summed E-state index contributed by atoms with van der Waals surface area (Å²) >= 11 is 0. The summed E-state index contributed by atoms with van der Waals surface area (Å²) in [5.74, 6) is -0.303. The van der Waals surface area contributed by atoms with E-state index in [1.807, 2.05) is 6.92 Å². The molecule has 0 spiro atoms. The molecule has 0 N–H and O–H groups in total. The van der Waals surface area contributed by atoms with Crippen molar-refractivity contribution in [2.75, 3.05) is 20.2 Å². The van der Waals surface area contributed by atoms with E-state index in [0.717, 1.165) is 12.0 Å². The minimum atomic E-state index is -4.74. The van der Waals surface area contributed by atoms with Crippen molar-refractivity contribution in [1.29, 1.82) is 0 Å². The second-order valence-corrected chi connectivity index (χ2v) is 6.37. The van der Waals surface area contributed by atoms with Gasteiger partial charge in [-0.1, -0.05) is 25.1 Å². The highest BCUT2D eigenvalue weighted by Gasteiger charge is 2.31. The molecule has 0 bridgehead atoms. The van der Waals surface area contributed by atoms with Gasteiger partial charge in [0.25, 0.3) is 11.8 Å². The highest BCUT2D eigenvalue weighted by atomic mass is 19.4. The van der Waals surface area contributed by atoms with Crippen molar-refractivity contribution < 1.29 is 32.0 Å². The molecule has 0 aliphatic rings. The van der Waals surface area contributed by atoms with Crippen LogP contribution in [0, 0.1) is 0 Å². The molecule has 0 saturated carbocycles. The minimum absolute atomic E-state index is 0.175. The van der Waals surface area contributed by atoms with E-state index in [-0.39, 0.29) is 24.1 Å². The molecule has 3 aromatic rings. The quantitative estimate of drug-likeness (QED) is 0.570. The largest absolute Gasteiger partial charge is 0.573 e. The van der Waals surface area contributed by atoms with Gasteiger partial charge >= 0.3 is 6.36 Å². The average Bonchev–Trinajstić information content (AvgIpc) is 3.08. The molecule has 1 amide bonds. The fourth-order valence-corrected chi connectivity index (χ4v) is 2.75. The van der Waals surface area contributed by atoms with E-state index in [0.29, 0.717) is 23.1 Å². The van der Waals surface area contributed by atoms with Crippen LogP contribution in [0.15, 0.2) is 47.0 Å². The first-order valence-electron chi connectivity index (χ1n) is 8.89. The summed E-state index contributed by atoms with van der Waals surface area (Å²) < 4.78 is 51.5. The van der Waals surface area contributed by atoms with Crippen LogP contribution < -0.4 is 9.47 Å². The lowest BCUT2D eigenvalue weighted by molar-refractivity contribution is -0.274. The molecular weight excluding hydrogens is 389 g/mol. The Labute approximate surface area is 164 Å². The maximum atomic E-state index is 12.3. The number of alkyl halides is 3. The molecule has 0 aliphatic carbocycles. The predicted molar refractivity (Wildman–Crippen MR) is 99.6 cm³/mol. The van der Waals surface area contributed by atoms with Gasteiger partial charge in [0.2, 0.25) is 0 Å². The Morgan fingerprint density at radius 1 is 1.14 bits per heavy atom. The molecule has 1 heterocycles. The number of fused-ring (bicyclic) bond motifs is 1.